The Morgan fingerprint density at radius 3 is 2.15 bits per heavy atom. The summed E-state index contributed by atoms with van der Waals surface area (Å²) in [6.07, 6.45) is 1.02. The lowest BCUT2D eigenvalue weighted by Crippen LogP contribution is -2.24. The Morgan fingerprint density at radius 2 is 1.60 bits per heavy atom. The first-order valence-electron chi connectivity index (χ1n) is 7.78. The van der Waals surface area contributed by atoms with Crippen LogP contribution in [0.15, 0.2) is 6.07 Å². The van der Waals surface area contributed by atoms with Gasteiger partial charge in [-0.25, -0.2) is 0 Å². The predicted molar refractivity (Wildman–Crippen MR) is 87.6 cm³/mol. The van der Waals surface area contributed by atoms with Crippen molar-refractivity contribution in [3.8, 4) is 0 Å². The van der Waals surface area contributed by atoms with Crippen molar-refractivity contribution in [2.24, 2.45) is 5.92 Å². The zero-order chi connectivity index (χ0) is 15.1. The highest BCUT2D eigenvalue weighted by molar-refractivity contribution is 5.44. The maximum atomic E-state index is 5.75. The van der Waals surface area contributed by atoms with Crippen molar-refractivity contribution in [3.63, 3.8) is 0 Å². The standard InChI is InChI=1S/C18H31NO/c1-13(2)12-19-8-10-20-9-7-18-16(5)14(3)11-15(4)17(18)6/h11,13,19H,7-10,12H2,1-6H3. The Bertz CT molecular complexity index is 398. The van der Waals surface area contributed by atoms with Crippen LogP contribution in [-0.2, 0) is 11.2 Å². The van der Waals surface area contributed by atoms with Crippen LogP contribution in [0.5, 0.6) is 0 Å². The summed E-state index contributed by atoms with van der Waals surface area (Å²) in [7, 11) is 0. The Kier molecular flexibility index (Phi) is 7.25. The summed E-state index contributed by atoms with van der Waals surface area (Å²) >= 11 is 0. The van der Waals surface area contributed by atoms with Crippen molar-refractivity contribution in [1.82, 2.24) is 5.32 Å². The van der Waals surface area contributed by atoms with E-state index in [-0.39, 0.29) is 0 Å². The maximum absolute atomic E-state index is 5.75. The minimum absolute atomic E-state index is 0.704. The third-order valence-electron chi connectivity index (χ3n) is 3.99. The van der Waals surface area contributed by atoms with E-state index in [1.54, 1.807) is 0 Å². The second-order valence-corrected chi connectivity index (χ2v) is 6.20. The highest BCUT2D eigenvalue weighted by Gasteiger charge is 2.08. The van der Waals surface area contributed by atoms with Gasteiger partial charge in [0.15, 0.2) is 0 Å². The lowest BCUT2D eigenvalue weighted by Gasteiger charge is -2.15. The molecule has 0 aliphatic rings. The molecule has 1 N–H and O–H groups in total. The number of benzene rings is 1. The molecule has 0 aliphatic heterocycles. The van der Waals surface area contributed by atoms with Crippen molar-refractivity contribution in [2.45, 2.75) is 48.0 Å². The van der Waals surface area contributed by atoms with Gasteiger partial charge in [-0.15, -0.1) is 0 Å². The fourth-order valence-electron chi connectivity index (χ4n) is 2.48. The third kappa shape index (κ3) is 5.26. The van der Waals surface area contributed by atoms with Gasteiger partial charge in [-0.2, -0.15) is 0 Å². The number of hydrogen-bond donors (Lipinski definition) is 1. The van der Waals surface area contributed by atoms with Crippen molar-refractivity contribution >= 4 is 0 Å². The van der Waals surface area contributed by atoms with E-state index in [4.69, 9.17) is 4.74 Å². The lowest BCUT2D eigenvalue weighted by atomic mass is 9.92. The van der Waals surface area contributed by atoms with Gasteiger partial charge in [-0.3, -0.25) is 0 Å². The largest absolute Gasteiger partial charge is 0.380 e. The summed E-state index contributed by atoms with van der Waals surface area (Å²) in [5.41, 5.74) is 7.10. The molecule has 2 heteroatoms. The van der Waals surface area contributed by atoms with Crippen LogP contribution in [0.25, 0.3) is 0 Å². The Balaban J connectivity index is 2.36. The summed E-state index contributed by atoms with van der Waals surface area (Å²) in [6, 6.07) is 2.28. The molecule has 0 atom stereocenters. The molecule has 20 heavy (non-hydrogen) atoms. The molecule has 0 aliphatic carbocycles. The number of hydrogen-bond acceptors (Lipinski definition) is 2. The normalized spacial score (nSPS) is 11.3. The van der Waals surface area contributed by atoms with Crippen molar-refractivity contribution in [2.75, 3.05) is 26.3 Å². The van der Waals surface area contributed by atoms with E-state index in [1.165, 1.54) is 27.8 Å². The van der Waals surface area contributed by atoms with Crippen LogP contribution < -0.4 is 5.32 Å². The van der Waals surface area contributed by atoms with E-state index in [0.29, 0.717) is 5.92 Å². The van der Waals surface area contributed by atoms with Gasteiger partial charge in [0, 0.05) is 6.54 Å². The van der Waals surface area contributed by atoms with E-state index in [9.17, 15) is 0 Å². The second-order valence-electron chi connectivity index (χ2n) is 6.20. The molecule has 0 aromatic heterocycles. The van der Waals surface area contributed by atoms with Gasteiger partial charge >= 0.3 is 0 Å². The van der Waals surface area contributed by atoms with Crippen LogP contribution in [0.2, 0.25) is 0 Å². The summed E-state index contributed by atoms with van der Waals surface area (Å²) in [5, 5.41) is 3.40. The predicted octanol–water partition coefficient (Wildman–Crippen LogP) is 3.72. The Hall–Kier alpha value is -0.860. The monoisotopic (exact) mass is 277 g/mol. The fourth-order valence-corrected chi connectivity index (χ4v) is 2.48. The molecule has 1 aromatic rings. The van der Waals surface area contributed by atoms with E-state index < -0.39 is 0 Å². The van der Waals surface area contributed by atoms with Gasteiger partial charge < -0.3 is 10.1 Å². The molecule has 1 rings (SSSR count). The summed E-state index contributed by atoms with van der Waals surface area (Å²) in [5.74, 6) is 0.704. The van der Waals surface area contributed by atoms with Crippen LogP contribution in [0.1, 0.15) is 41.7 Å². The zero-order valence-electron chi connectivity index (χ0n) is 14.1. The summed E-state index contributed by atoms with van der Waals surface area (Å²) in [4.78, 5) is 0. The van der Waals surface area contributed by atoms with E-state index in [0.717, 1.165) is 32.7 Å². The SMILES string of the molecule is Cc1cc(C)c(C)c(CCOCCNCC(C)C)c1C. The molecule has 0 saturated heterocycles. The molecule has 0 heterocycles. The highest BCUT2D eigenvalue weighted by atomic mass is 16.5. The first-order chi connectivity index (χ1) is 9.43. The zero-order valence-corrected chi connectivity index (χ0v) is 14.1. The molecule has 0 amide bonds. The fraction of sp³-hybridized carbons (Fsp3) is 0.667. The quantitative estimate of drug-likeness (QED) is 0.731. The minimum Gasteiger partial charge on any atom is -0.380 e. The average Bonchev–Trinajstić information content (AvgIpc) is 2.38. The van der Waals surface area contributed by atoms with Crippen LogP contribution >= 0.6 is 0 Å². The van der Waals surface area contributed by atoms with Gasteiger partial charge in [0.05, 0.1) is 13.2 Å². The van der Waals surface area contributed by atoms with Crippen molar-refractivity contribution in [1.29, 1.82) is 0 Å². The first-order valence-corrected chi connectivity index (χ1v) is 7.78. The van der Waals surface area contributed by atoms with Crippen LogP contribution in [-0.4, -0.2) is 26.3 Å². The molecular formula is C18H31NO. The van der Waals surface area contributed by atoms with Gasteiger partial charge in [-0.05, 0) is 74.4 Å². The topological polar surface area (TPSA) is 21.3 Å². The van der Waals surface area contributed by atoms with Gasteiger partial charge in [0.1, 0.15) is 0 Å². The number of nitrogens with one attached hydrogen (secondary N) is 1. The van der Waals surface area contributed by atoms with E-state index in [1.807, 2.05) is 0 Å². The molecule has 0 unspecified atom stereocenters. The first kappa shape index (κ1) is 17.2. The molecule has 0 fully saturated rings. The van der Waals surface area contributed by atoms with Gasteiger partial charge in [-0.1, -0.05) is 19.9 Å². The molecule has 0 radical (unpaired) electrons. The minimum atomic E-state index is 0.704. The average molecular weight is 277 g/mol. The summed E-state index contributed by atoms with van der Waals surface area (Å²) < 4.78 is 5.75. The van der Waals surface area contributed by atoms with Gasteiger partial charge in [0.25, 0.3) is 0 Å². The molecule has 0 spiro atoms. The van der Waals surface area contributed by atoms with E-state index in [2.05, 4.69) is 52.9 Å². The van der Waals surface area contributed by atoms with Crippen LogP contribution in [0.4, 0.5) is 0 Å². The van der Waals surface area contributed by atoms with Crippen molar-refractivity contribution in [3.05, 3.63) is 33.9 Å². The molecular weight excluding hydrogens is 246 g/mol. The molecule has 0 bridgehead atoms. The number of aryl methyl sites for hydroxylation is 2. The van der Waals surface area contributed by atoms with Crippen LogP contribution in [0, 0.1) is 33.6 Å². The van der Waals surface area contributed by atoms with Crippen molar-refractivity contribution < 1.29 is 4.74 Å². The Labute approximate surface area is 124 Å². The van der Waals surface area contributed by atoms with Gasteiger partial charge in [0.2, 0.25) is 0 Å². The number of rotatable bonds is 8. The molecule has 2 nitrogen and oxygen atoms in total. The second kappa shape index (κ2) is 8.43. The molecule has 0 saturated carbocycles. The molecule has 114 valence electrons. The molecule has 1 aromatic carbocycles. The van der Waals surface area contributed by atoms with E-state index >= 15 is 0 Å². The lowest BCUT2D eigenvalue weighted by molar-refractivity contribution is 0.138. The highest BCUT2D eigenvalue weighted by Crippen LogP contribution is 2.21. The third-order valence-corrected chi connectivity index (χ3v) is 3.99. The van der Waals surface area contributed by atoms with Crippen LogP contribution in [0.3, 0.4) is 0 Å². The number of ether oxygens (including phenoxy) is 1. The summed E-state index contributed by atoms with van der Waals surface area (Å²) in [6.45, 7) is 16.9. The Morgan fingerprint density at radius 1 is 1.00 bits per heavy atom. The maximum Gasteiger partial charge on any atom is 0.0591 e. The smallest absolute Gasteiger partial charge is 0.0591 e.